The maximum atomic E-state index is 12.5. The molecule has 0 atom stereocenters. The molecule has 0 fully saturated rings. The van der Waals surface area contributed by atoms with Gasteiger partial charge in [-0.05, 0) is 42.0 Å². The molecule has 10 heteroatoms. The van der Waals surface area contributed by atoms with Gasteiger partial charge in [-0.1, -0.05) is 18.2 Å². The van der Waals surface area contributed by atoms with Crippen molar-refractivity contribution in [3.8, 4) is 0 Å². The molecule has 31 heavy (non-hydrogen) atoms. The lowest BCUT2D eigenvalue weighted by Crippen LogP contribution is -2.44. The molecule has 0 aliphatic heterocycles. The summed E-state index contributed by atoms with van der Waals surface area (Å²) in [7, 11) is 0. The van der Waals surface area contributed by atoms with E-state index >= 15 is 0 Å². The van der Waals surface area contributed by atoms with Crippen molar-refractivity contribution in [2.24, 2.45) is 0 Å². The molecule has 9 nitrogen and oxygen atoms in total. The molecule has 0 radical (unpaired) electrons. The van der Waals surface area contributed by atoms with E-state index in [4.69, 9.17) is 0 Å². The van der Waals surface area contributed by atoms with E-state index in [1.165, 1.54) is 18.7 Å². The summed E-state index contributed by atoms with van der Waals surface area (Å²) < 4.78 is 0. The lowest BCUT2D eigenvalue weighted by atomic mass is 10.3. The molecule has 2 heterocycles. The van der Waals surface area contributed by atoms with E-state index < -0.39 is 11.9 Å². The van der Waals surface area contributed by atoms with E-state index in [1.807, 2.05) is 12.1 Å². The molecular weight excluding hydrogens is 416 g/mol. The summed E-state index contributed by atoms with van der Waals surface area (Å²) in [4.78, 5) is 44.0. The number of carbonyl (C=O) groups is 3. The van der Waals surface area contributed by atoms with Crippen molar-refractivity contribution >= 4 is 41.1 Å². The molecule has 158 valence electrons. The highest BCUT2D eigenvalue weighted by Crippen LogP contribution is 2.24. The van der Waals surface area contributed by atoms with Crippen LogP contribution in [0.1, 0.15) is 22.8 Å². The van der Waals surface area contributed by atoms with Crippen LogP contribution in [0.4, 0.5) is 16.3 Å². The van der Waals surface area contributed by atoms with Gasteiger partial charge in [-0.25, -0.2) is 20.2 Å². The molecule has 0 spiro atoms. The maximum absolute atomic E-state index is 12.5. The van der Waals surface area contributed by atoms with Gasteiger partial charge in [0.1, 0.15) is 10.8 Å². The molecule has 0 unspecified atom stereocenters. The molecule has 4 N–H and O–H groups in total. The van der Waals surface area contributed by atoms with Crippen LogP contribution < -0.4 is 21.5 Å². The number of carbonyl (C=O) groups excluding carboxylic acids is 3. The Morgan fingerprint density at radius 3 is 2.48 bits per heavy atom. The number of urea groups is 1. The molecule has 2 aromatic heterocycles. The number of hydrogen-bond acceptors (Lipinski definition) is 6. The number of thioether (sulfide) groups is 1. The molecule has 0 aliphatic rings. The van der Waals surface area contributed by atoms with Crippen LogP contribution in [0.5, 0.6) is 0 Å². The van der Waals surface area contributed by atoms with E-state index in [9.17, 15) is 14.4 Å². The third-order valence-electron chi connectivity index (χ3n) is 3.84. The summed E-state index contributed by atoms with van der Waals surface area (Å²) in [5.74, 6) is 0.268. The first-order valence-electron chi connectivity index (χ1n) is 9.24. The molecule has 0 aliphatic carbocycles. The van der Waals surface area contributed by atoms with Gasteiger partial charge in [0.15, 0.2) is 0 Å². The second-order valence-electron chi connectivity index (χ2n) is 6.27. The Balaban J connectivity index is 1.58. The zero-order chi connectivity index (χ0) is 22.1. The minimum Gasteiger partial charge on any atom is -0.311 e. The second-order valence-corrected chi connectivity index (χ2v) is 7.24. The number of hydrogen-bond donors (Lipinski definition) is 4. The van der Waals surface area contributed by atoms with Crippen LogP contribution in [0.3, 0.4) is 0 Å². The average molecular weight is 436 g/mol. The Hall–Kier alpha value is -3.92. The number of benzene rings is 1. The molecular formula is C21H20N6O3S. The van der Waals surface area contributed by atoms with Crippen molar-refractivity contribution in [2.75, 3.05) is 10.6 Å². The summed E-state index contributed by atoms with van der Waals surface area (Å²) in [6, 6.07) is 15.1. The molecule has 0 saturated heterocycles. The van der Waals surface area contributed by atoms with Gasteiger partial charge in [-0.3, -0.25) is 15.0 Å². The lowest BCUT2D eigenvalue weighted by Gasteiger charge is -2.11. The standard InChI is InChI=1S/C21H20N6O3S/c1-14(28)24-18-12-15(9-11-22-18)13-31-20-17(8-5-10-23-20)19(29)26-27-21(30)25-16-6-3-2-4-7-16/h2-12H,13H2,1H3,(H,26,29)(H,22,24,28)(H2,25,27,30). The second kappa shape index (κ2) is 10.7. The number of rotatable bonds is 6. The number of hydrazine groups is 1. The fraction of sp³-hybridized carbons (Fsp3) is 0.0952. The monoisotopic (exact) mass is 436 g/mol. The number of nitrogens with one attached hydrogen (secondary N) is 4. The highest BCUT2D eigenvalue weighted by atomic mass is 32.2. The van der Waals surface area contributed by atoms with Crippen molar-refractivity contribution < 1.29 is 14.4 Å². The quantitative estimate of drug-likeness (QED) is 0.347. The van der Waals surface area contributed by atoms with Crippen LogP contribution in [0, 0.1) is 0 Å². The smallest absolute Gasteiger partial charge is 0.311 e. The van der Waals surface area contributed by atoms with Crippen molar-refractivity contribution in [3.05, 3.63) is 78.1 Å². The van der Waals surface area contributed by atoms with Crippen LogP contribution in [-0.4, -0.2) is 27.8 Å². The van der Waals surface area contributed by atoms with Gasteiger partial charge in [-0.2, -0.15) is 0 Å². The fourth-order valence-electron chi connectivity index (χ4n) is 2.51. The highest BCUT2D eigenvalue weighted by molar-refractivity contribution is 7.98. The number of amides is 4. The number of para-hydroxylation sites is 1. The fourth-order valence-corrected chi connectivity index (χ4v) is 3.44. The highest BCUT2D eigenvalue weighted by Gasteiger charge is 2.14. The van der Waals surface area contributed by atoms with Gasteiger partial charge in [0, 0.05) is 30.8 Å². The van der Waals surface area contributed by atoms with Crippen molar-refractivity contribution in [1.82, 2.24) is 20.8 Å². The summed E-state index contributed by atoms with van der Waals surface area (Å²) in [5, 5.41) is 5.74. The molecule has 0 saturated carbocycles. The first kappa shape index (κ1) is 21.8. The predicted molar refractivity (Wildman–Crippen MR) is 118 cm³/mol. The normalized spacial score (nSPS) is 10.1. The third-order valence-corrected chi connectivity index (χ3v) is 4.92. The van der Waals surface area contributed by atoms with Gasteiger partial charge in [0.25, 0.3) is 5.91 Å². The Bertz CT molecular complexity index is 1080. The molecule has 3 aromatic rings. The number of aromatic nitrogens is 2. The van der Waals surface area contributed by atoms with Gasteiger partial charge in [0.05, 0.1) is 5.56 Å². The summed E-state index contributed by atoms with van der Waals surface area (Å²) in [5.41, 5.74) is 6.52. The van der Waals surface area contributed by atoms with Crippen LogP contribution >= 0.6 is 11.8 Å². The van der Waals surface area contributed by atoms with Crippen LogP contribution in [0.15, 0.2) is 72.0 Å². The number of pyridine rings is 2. The Labute approximate surface area is 183 Å². The Morgan fingerprint density at radius 1 is 0.903 bits per heavy atom. The molecule has 3 rings (SSSR count). The zero-order valence-corrected chi connectivity index (χ0v) is 17.4. The van der Waals surface area contributed by atoms with Crippen molar-refractivity contribution in [2.45, 2.75) is 17.7 Å². The van der Waals surface area contributed by atoms with E-state index in [0.29, 0.717) is 27.8 Å². The molecule has 4 amide bonds. The van der Waals surface area contributed by atoms with Gasteiger partial charge >= 0.3 is 6.03 Å². The first-order chi connectivity index (χ1) is 15.0. The largest absolute Gasteiger partial charge is 0.337 e. The topological polar surface area (TPSA) is 125 Å². The van der Waals surface area contributed by atoms with Crippen molar-refractivity contribution in [1.29, 1.82) is 0 Å². The summed E-state index contributed by atoms with van der Waals surface area (Å²) in [6.07, 6.45) is 3.19. The van der Waals surface area contributed by atoms with Crippen LogP contribution in [0.25, 0.3) is 0 Å². The maximum Gasteiger partial charge on any atom is 0.337 e. The lowest BCUT2D eigenvalue weighted by molar-refractivity contribution is -0.114. The van der Waals surface area contributed by atoms with E-state index in [2.05, 4.69) is 31.5 Å². The van der Waals surface area contributed by atoms with Crippen LogP contribution in [0.2, 0.25) is 0 Å². The SMILES string of the molecule is CC(=O)Nc1cc(CSc2ncccc2C(=O)NNC(=O)Nc2ccccc2)ccn1. The van der Waals surface area contributed by atoms with Gasteiger partial charge in [0.2, 0.25) is 5.91 Å². The number of nitrogens with zero attached hydrogens (tertiary/aromatic N) is 2. The summed E-state index contributed by atoms with van der Waals surface area (Å²) in [6.45, 7) is 1.41. The summed E-state index contributed by atoms with van der Waals surface area (Å²) >= 11 is 1.35. The predicted octanol–water partition coefficient (Wildman–Crippen LogP) is 3.19. The zero-order valence-electron chi connectivity index (χ0n) is 16.6. The Morgan fingerprint density at radius 2 is 1.71 bits per heavy atom. The van der Waals surface area contributed by atoms with E-state index in [-0.39, 0.29) is 5.91 Å². The minimum atomic E-state index is -0.570. The molecule has 0 bridgehead atoms. The Kier molecular flexibility index (Phi) is 7.55. The van der Waals surface area contributed by atoms with Gasteiger partial charge < -0.3 is 10.6 Å². The van der Waals surface area contributed by atoms with Crippen LogP contribution in [-0.2, 0) is 10.5 Å². The van der Waals surface area contributed by atoms with Crippen molar-refractivity contribution in [3.63, 3.8) is 0 Å². The number of anilines is 2. The first-order valence-corrected chi connectivity index (χ1v) is 10.2. The van der Waals surface area contributed by atoms with E-state index in [1.54, 1.807) is 54.9 Å². The average Bonchev–Trinajstić information content (AvgIpc) is 2.77. The van der Waals surface area contributed by atoms with E-state index in [0.717, 1.165) is 5.56 Å². The minimum absolute atomic E-state index is 0.204. The third kappa shape index (κ3) is 6.82. The van der Waals surface area contributed by atoms with Gasteiger partial charge in [-0.15, -0.1) is 11.8 Å². The molecule has 1 aromatic carbocycles.